The Kier molecular flexibility index (Phi) is 7.17. The lowest BCUT2D eigenvalue weighted by Gasteiger charge is -2.11. The van der Waals surface area contributed by atoms with Gasteiger partial charge in [0.05, 0.1) is 6.54 Å². The first-order valence-electron chi connectivity index (χ1n) is 6.32. The Bertz CT molecular complexity index is 191. The minimum atomic E-state index is 0.115. The van der Waals surface area contributed by atoms with Crippen molar-refractivity contribution in [1.82, 2.24) is 10.6 Å². The average Bonchev–Trinajstić information content (AvgIpc) is 2.79. The van der Waals surface area contributed by atoms with Gasteiger partial charge in [0.1, 0.15) is 0 Å². The van der Waals surface area contributed by atoms with Gasteiger partial charge in [0.2, 0.25) is 5.91 Å². The molecule has 1 saturated carbocycles. The van der Waals surface area contributed by atoms with Gasteiger partial charge in [-0.2, -0.15) is 0 Å². The Balaban J connectivity index is 1.90. The van der Waals surface area contributed by atoms with Crippen LogP contribution in [0.1, 0.15) is 38.5 Å². The first kappa shape index (κ1) is 13.5. The summed E-state index contributed by atoms with van der Waals surface area (Å²) in [5, 5.41) is 6.21. The van der Waals surface area contributed by atoms with Gasteiger partial charge in [0.25, 0.3) is 0 Å². The maximum absolute atomic E-state index is 11.4. The second kappa shape index (κ2) is 8.53. The predicted molar refractivity (Wildman–Crippen MR) is 64.4 cm³/mol. The quantitative estimate of drug-likeness (QED) is 0.611. The molecule has 0 aromatic heterocycles. The highest BCUT2D eigenvalue weighted by Gasteiger charge is 2.14. The van der Waals surface area contributed by atoms with E-state index in [-0.39, 0.29) is 5.91 Å². The van der Waals surface area contributed by atoms with Crippen LogP contribution in [-0.2, 0) is 9.53 Å². The Labute approximate surface area is 98.1 Å². The fourth-order valence-corrected chi connectivity index (χ4v) is 2.03. The van der Waals surface area contributed by atoms with Crippen LogP contribution in [0.15, 0.2) is 0 Å². The highest BCUT2D eigenvalue weighted by Crippen LogP contribution is 2.17. The molecule has 0 unspecified atom stereocenters. The van der Waals surface area contributed by atoms with E-state index < -0.39 is 0 Å². The number of methoxy groups -OCH3 is 1. The third-order valence-corrected chi connectivity index (χ3v) is 3.00. The molecule has 94 valence electrons. The van der Waals surface area contributed by atoms with Crippen LogP contribution >= 0.6 is 0 Å². The molecule has 0 bridgehead atoms. The molecule has 4 heteroatoms. The Morgan fingerprint density at radius 2 is 2.06 bits per heavy atom. The van der Waals surface area contributed by atoms with Gasteiger partial charge in [-0.25, -0.2) is 0 Å². The average molecular weight is 228 g/mol. The van der Waals surface area contributed by atoms with Gasteiger partial charge in [-0.05, 0) is 25.7 Å². The fraction of sp³-hybridized carbons (Fsp3) is 0.917. The van der Waals surface area contributed by atoms with Crippen LogP contribution in [-0.4, -0.2) is 38.8 Å². The van der Waals surface area contributed by atoms with E-state index in [1.54, 1.807) is 7.11 Å². The van der Waals surface area contributed by atoms with E-state index in [1.165, 1.54) is 25.7 Å². The van der Waals surface area contributed by atoms with Gasteiger partial charge in [-0.1, -0.05) is 12.8 Å². The summed E-state index contributed by atoms with van der Waals surface area (Å²) in [6.45, 7) is 2.00. The molecule has 0 aromatic rings. The van der Waals surface area contributed by atoms with Crippen molar-refractivity contribution in [2.75, 3.05) is 26.8 Å². The lowest BCUT2D eigenvalue weighted by atomic mass is 10.2. The third kappa shape index (κ3) is 6.08. The first-order chi connectivity index (χ1) is 7.83. The second-order valence-electron chi connectivity index (χ2n) is 4.41. The molecule has 1 aliphatic carbocycles. The summed E-state index contributed by atoms with van der Waals surface area (Å²) in [6.07, 6.45) is 7.05. The summed E-state index contributed by atoms with van der Waals surface area (Å²) in [7, 11) is 1.70. The van der Waals surface area contributed by atoms with Crippen LogP contribution in [0, 0.1) is 0 Å². The summed E-state index contributed by atoms with van der Waals surface area (Å²) in [6, 6.07) is 0.569. The van der Waals surface area contributed by atoms with Gasteiger partial charge in [-0.15, -0.1) is 0 Å². The van der Waals surface area contributed by atoms with E-state index in [4.69, 9.17) is 4.74 Å². The van der Waals surface area contributed by atoms with Crippen molar-refractivity contribution in [3.63, 3.8) is 0 Å². The lowest BCUT2D eigenvalue weighted by Crippen LogP contribution is -2.38. The van der Waals surface area contributed by atoms with Crippen molar-refractivity contribution < 1.29 is 9.53 Å². The molecule has 0 saturated heterocycles. The Morgan fingerprint density at radius 1 is 1.31 bits per heavy atom. The van der Waals surface area contributed by atoms with Crippen molar-refractivity contribution >= 4 is 5.91 Å². The number of nitrogens with one attached hydrogen (secondary N) is 2. The topological polar surface area (TPSA) is 50.4 Å². The molecule has 1 aliphatic rings. The largest absolute Gasteiger partial charge is 0.385 e. The minimum absolute atomic E-state index is 0.115. The number of unbranched alkanes of at least 4 members (excludes halogenated alkanes) is 1. The van der Waals surface area contributed by atoms with Crippen LogP contribution in [0.5, 0.6) is 0 Å². The molecule has 0 heterocycles. The first-order valence-corrected chi connectivity index (χ1v) is 6.32. The molecular weight excluding hydrogens is 204 g/mol. The minimum Gasteiger partial charge on any atom is -0.385 e. The van der Waals surface area contributed by atoms with Crippen molar-refractivity contribution in [1.29, 1.82) is 0 Å². The molecule has 1 rings (SSSR count). The number of amides is 1. The Morgan fingerprint density at radius 3 is 2.75 bits per heavy atom. The van der Waals surface area contributed by atoms with Gasteiger partial charge >= 0.3 is 0 Å². The van der Waals surface area contributed by atoms with E-state index in [0.29, 0.717) is 12.6 Å². The van der Waals surface area contributed by atoms with E-state index in [1.807, 2.05) is 0 Å². The maximum atomic E-state index is 11.4. The van der Waals surface area contributed by atoms with Gasteiger partial charge in [0.15, 0.2) is 0 Å². The number of ether oxygens (including phenoxy) is 1. The number of hydrogen-bond acceptors (Lipinski definition) is 3. The van der Waals surface area contributed by atoms with Crippen LogP contribution in [0.3, 0.4) is 0 Å². The Hall–Kier alpha value is -0.610. The molecule has 0 aromatic carbocycles. The summed E-state index contributed by atoms with van der Waals surface area (Å²) < 4.78 is 4.94. The van der Waals surface area contributed by atoms with Crippen LogP contribution in [0.4, 0.5) is 0 Å². The van der Waals surface area contributed by atoms with E-state index in [9.17, 15) is 4.79 Å². The van der Waals surface area contributed by atoms with Crippen molar-refractivity contribution in [2.24, 2.45) is 0 Å². The maximum Gasteiger partial charge on any atom is 0.233 e. The summed E-state index contributed by atoms with van der Waals surface area (Å²) in [5.74, 6) is 0.115. The monoisotopic (exact) mass is 228 g/mol. The number of carbonyl (C=O) groups excluding carboxylic acids is 1. The molecule has 0 aliphatic heterocycles. The smallest absolute Gasteiger partial charge is 0.233 e. The van der Waals surface area contributed by atoms with Crippen molar-refractivity contribution in [3.05, 3.63) is 0 Å². The van der Waals surface area contributed by atoms with E-state index in [0.717, 1.165) is 26.0 Å². The number of rotatable bonds is 8. The van der Waals surface area contributed by atoms with Crippen molar-refractivity contribution in [2.45, 2.75) is 44.6 Å². The molecule has 0 atom stereocenters. The highest BCUT2D eigenvalue weighted by molar-refractivity contribution is 5.77. The van der Waals surface area contributed by atoms with Crippen molar-refractivity contribution in [3.8, 4) is 0 Å². The van der Waals surface area contributed by atoms with E-state index >= 15 is 0 Å². The van der Waals surface area contributed by atoms with Crippen LogP contribution in [0.2, 0.25) is 0 Å². The highest BCUT2D eigenvalue weighted by atomic mass is 16.5. The molecule has 16 heavy (non-hydrogen) atoms. The normalized spacial score (nSPS) is 16.6. The SMILES string of the molecule is COCCCCNC(=O)CNC1CCCC1. The molecule has 2 N–H and O–H groups in total. The summed E-state index contributed by atoms with van der Waals surface area (Å²) in [5.41, 5.74) is 0. The molecule has 1 fully saturated rings. The zero-order valence-electron chi connectivity index (χ0n) is 10.3. The predicted octanol–water partition coefficient (Wildman–Crippen LogP) is 1.06. The van der Waals surface area contributed by atoms with Gasteiger partial charge in [-0.3, -0.25) is 4.79 Å². The van der Waals surface area contributed by atoms with Gasteiger partial charge < -0.3 is 15.4 Å². The summed E-state index contributed by atoms with van der Waals surface area (Å²) >= 11 is 0. The van der Waals surface area contributed by atoms with E-state index in [2.05, 4.69) is 10.6 Å². The zero-order chi connectivity index (χ0) is 11.6. The number of carbonyl (C=O) groups is 1. The zero-order valence-corrected chi connectivity index (χ0v) is 10.3. The summed E-state index contributed by atoms with van der Waals surface area (Å²) in [4.78, 5) is 11.4. The molecule has 1 amide bonds. The number of hydrogen-bond donors (Lipinski definition) is 2. The third-order valence-electron chi connectivity index (χ3n) is 3.00. The fourth-order valence-electron chi connectivity index (χ4n) is 2.03. The molecule has 4 nitrogen and oxygen atoms in total. The van der Waals surface area contributed by atoms with Gasteiger partial charge in [0, 0.05) is 26.3 Å². The molecule has 0 radical (unpaired) electrons. The van der Waals surface area contributed by atoms with Crippen LogP contribution < -0.4 is 10.6 Å². The standard InChI is InChI=1S/C12H24N2O2/c1-16-9-5-4-8-13-12(15)10-14-11-6-2-3-7-11/h11,14H,2-10H2,1H3,(H,13,15). The molecule has 0 spiro atoms. The second-order valence-corrected chi connectivity index (χ2v) is 4.41. The lowest BCUT2D eigenvalue weighted by molar-refractivity contribution is -0.120. The van der Waals surface area contributed by atoms with Crippen LogP contribution in [0.25, 0.3) is 0 Å². The molecular formula is C12H24N2O2.